The van der Waals surface area contributed by atoms with Gasteiger partial charge in [-0.05, 0) is 19.4 Å². The van der Waals surface area contributed by atoms with Crippen molar-refractivity contribution < 1.29 is 19.2 Å². The number of nitrogens with one attached hydrogen (secondary N) is 1. The van der Waals surface area contributed by atoms with E-state index in [-0.39, 0.29) is 22.8 Å². The number of hydrogen-bond acceptors (Lipinski definition) is 3. The molecule has 6 heteroatoms. The number of pyridine rings is 1. The van der Waals surface area contributed by atoms with Crippen LogP contribution in [0, 0.1) is 5.41 Å². The van der Waals surface area contributed by atoms with E-state index < -0.39 is 11.9 Å². The Morgan fingerprint density at radius 1 is 1.52 bits per heavy atom. The van der Waals surface area contributed by atoms with Gasteiger partial charge < -0.3 is 15.3 Å². The monoisotopic (exact) mass is 285 g/mol. The van der Waals surface area contributed by atoms with E-state index in [9.17, 15) is 15.3 Å². The minimum Gasteiger partial charge on any atom is -0.763 e. The van der Waals surface area contributed by atoms with E-state index in [0.717, 1.165) is 6.54 Å². The van der Waals surface area contributed by atoms with Gasteiger partial charge in [0.2, 0.25) is 5.90 Å². The molecule has 2 heterocycles. The number of aromatic nitrogens is 1. The average molecular weight is 285 g/mol. The molecule has 1 aliphatic rings. The Morgan fingerprint density at radius 3 is 2.62 bits per heavy atom. The van der Waals surface area contributed by atoms with Gasteiger partial charge in [-0.1, -0.05) is 0 Å². The lowest BCUT2D eigenvalue weighted by atomic mass is 9.83. The lowest BCUT2D eigenvalue weighted by molar-refractivity contribution is -0.693. The molecular weight excluding hydrogens is 270 g/mol. The number of ether oxygens (including phenoxy) is 1. The molecule has 0 radical (unpaired) electrons. The number of rotatable bonds is 3. The molecule has 0 saturated carbocycles. The van der Waals surface area contributed by atoms with Crippen molar-refractivity contribution in [1.29, 1.82) is 5.41 Å². The van der Waals surface area contributed by atoms with E-state index in [1.165, 1.54) is 6.92 Å². The molecular formula is C15H15N3O3. The van der Waals surface area contributed by atoms with Crippen molar-refractivity contribution in [2.24, 2.45) is 0 Å². The number of aliphatic carboxylic acids is 1. The van der Waals surface area contributed by atoms with E-state index >= 15 is 0 Å². The third-order valence-electron chi connectivity index (χ3n) is 3.42. The number of hydrogen-bond donors (Lipinski definition) is 2. The standard InChI is InChI=1S/C15H15N3O3/c1-3-18-6-4-10(5-7-18)13-11(8-16)14(17)21-9(2)12(13)15(19)20/h4-7,13,17H,3H2,1-2H3,(H,19,20)/t13-/m0/s1. The first-order valence-electron chi connectivity index (χ1n) is 6.46. The van der Waals surface area contributed by atoms with Crippen molar-refractivity contribution in [3.05, 3.63) is 52.4 Å². The lowest BCUT2D eigenvalue weighted by Gasteiger charge is -2.27. The minimum atomic E-state index is -1.15. The first kappa shape index (κ1) is 14.7. The average Bonchev–Trinajstić information content (AvgIpc) is 2.46. The molecule has 0 spiro atoms. The summed E-state index contributed by atoms with van der Waals surface area (Å²) in [6.07, 6.45) is 3.64. The molecule has 0 fully saturated rings. The summed E-state index contributed by atoms with van der Waals surface area (Å²) in [6.45, 7) is 4.27. The summed E-state index contributed by atoms with van der Waals surface area (Å²) in [5.41, 5.74) is 0.657. The van der Waals surface area contributed by atoms with Crippen LogP contribution in [0.3, 0.4) is 0 Å². The molecule has 0 aliphatic carbocycles. The van der Waals surface area contributed by atoms with Crippen LogP contribution in [0.2, 0.25) is 0 Å². The van der Waals surface area contributed by atoms with Crippen molar-refractivity contribution >= 4 is 17.7 Å². The first-order chi connectivity index (χ1) is 9.99. The van der Waals surface area contributed by atoms with Crippen LogP contribution in [0.4, 0.5) is 0 Å². The summed E-state index contributed by atoms with van der Waals surface area (Å²) >= 11 is 0. The van der Waals surface area contributed by atoms with Gasteiger partial charge in [0.25, 0.3) is 0 Å². The molecule has 0 aromatic carbocycles. The number of nitrogens with zero attached hydrogens (tertiary/aromatic N) is 2. The Morgan fingerprint density at radius 2 is 2.14 bits per heavy atom. The largest absolute Gasteiger partial charge is 0.763 e. The maximum atomic E-state index is 11.5. The van der Waals surface area contributed by atoms with Gasteiger partial charge in [0.05, 0.1) is 11.5 Å². The van der Waals surface area contributed by atoms with E-state index in [1.807, 2.05) is 29.8 Å². The molecule has 0 saturated heterocycles. The molecule has 0 amide bonds. The Kier molecular flexibility index (Phi) is 4.00. The van der Waals surface area contributed by atoms with Crippen LogP contribution in [0.15, 0.2) is 41.4 Å². The SMILES string of the molecule is CC[n+]1ccc([C@H]2C(=C=[N-])C(=N)OC(C)=C2C(=O)O)cc1. The van der Waals surface area contributed by atoms with Crippen molar-refractivity contribution in [3.63, 3.8) is 0 Å². The fourth-order valence-electron chi connectivity index (χ4n) is 2.34. The summed E-state index contributed by atoms with van der Waals surface area (Å²) in [4.78, 5) is 11.5. The summed E-state index contributed by atoms with van der Waals surface area (Å²) in [7, 11) is 0. The van der Waals surface area contributed by atoms with E-state index in [4.69, 9.17) is 10.1 Å². The van der Waals surface area contributed by atoms with E-state index in [1.54, 1.807) is 12.1 Å². The third kappa shape index (κ3) is 2.61. The van der Waals surface area contributed by atoms with Gasteiger partial charge in [-0.25, -0.2) is 9.36 Å². The van der Waals surface area contributed by atoms with Crippen molar-refractivity contribution in [1.82, 2.24) is 0 Å². The van der Waals surface area contributed by atoms with Crippen LogP contribution in [0.25, 0.3) is 5.41 Å². The maximum absolute atomic E-state index is 11.5. The predicted molar refractivity (Wildman–Crippen MR) is 76.1 cm³/mol. The highest BCUT2D eigenvalue weighted by Gasteiger charge is 2.35. The Hall–Kier alpha value is -2.72. The van der Waals surface area contributed by atoms with Crippen LogP contribution >= 0.6 is 0 Å². The highest BCUT2D eigenvalue weighted by molar-refractivity contribution is 6.07. The molecule has 21 heavy (non-hydrogen) atoms. The van der Waals surface area contributed by atoms with Crippen LogP contribution in [0.1, 0.15) is 25.3 Å². The van der Waals surface area contributed by atoms with Gasteiger partial charge >= 0.3 is 5.97 Å². The second-order valence-electron chi connectivity index (χ2n) is 4.63. The molecule has 1 aromatic heterocycles. The molecule has 108 valence electrons. The molecule has 1 aliphatic heterocycles. The van der Waals surface area contributed by atoms with Crippen LogP contribution < -0.4 is 4.57 Å². The van der Waals surface area contributed by atoms with Crippen LogP contribution in [0.5, 0.6) is 0 Å². The van der Waals surface area contributed by atoms with Gasteiger partial charge in [0.15, 0.2) is 12.4 Å². The molecule has 1 aromatic rings. The summed E-state index contributed by atoms with van der Waals surface area (Å²) in [6, 6.07) is 3.53. The number of carbonyl (C=O) groups is 1. The summed E-state index contributed by atoms with van der Waals surface area (Å²) < 4.78 is 7.01. The van der Waals surface area contributed by atoms with E-state index in [0.29, 0.717) is 5.56 Å². The number of carboxylic acids is 1. The predicted octanol–water partition coefficient (Wildman–Crippen LogP) is 1.61. The fourth-order valence-corrected chi connectivity index (χ4v) is 2.34. The fraction of sp³-hybridized carbons (Fsp3) is 0.267. The maximum Gasteiger partial charge on any atom is 0.336 e. The smallest absolute Gasteiger partial charge is 0.336 e. The second-order valence-corrected chi connectivity index (χ2v) is 4.63. The Labute approximate surface area is 122 Å². The zero-order valence-corrected chi connectivity index (χ0v) is 11.8. The number of aryl methyl sites for hydroxylation is 1. The normalized spacial score (nSPS) is 18.3. The zero-order chi connectivity index (χ0) is 15.6. The van der Waals surface area contributed by atoms with Crippen molar-refractivity contribution in [2.45, 2.75) is 26.3 Å². The van der Waals surface area contributed by atoms with Gasteiger partial charge in [0, 0.05) is 17.7 Å². The molecule has 0 bridgehead atoms. The van der Waals surface area contributed by atoms with E-state index in [2.05, 4.69) is 0 Å². The number of carboxylic acid groups (broad SMARTS) is 1. The number of allylic oxidation sites excluding steroid dienone is 1. The zero-order valence-electron chi connectivity index (χ0n) is 11.8. The van der Waals surface area contributed by atoms with Gasteiger partial charge in [-0.2, -0.15) is 0 Å². The highest BCUT2D eigenvalue weighted by Crippen LogP contribution is 2.37. The molecule has 2 rings (SSSR count). The Balaban J connectivity index is 2.62. The highest BCUT2D eigenvalue weighted by atomic mass is 16.5. The second kappa shape index (κ2) is 5.73. The van der Waals surface area contributed by atoms with Gasteiger partial charge in [-0.3, -0.25) is 11.3 Å². The van der Waals surface area contributed by atoms with Gasteiger partial charge in [0.1, 0.15) is 12.3 Å². The molecule has 0 unspecified atom stereocenters. The quantitative estimate of drug-likeness (QED) is 0.652. The van der Waals surface area contributed by atoms with Crippen LogP contribution in [-0.4, -0.2) is 22.8 Å². The summed E-state index contributed by atoms with van der Waals surface area (Å²) in [5, 5.41) is 26.4. The van der Waals surface area contributed by atoms with Crippen LogP contribution in [-0.2, 0) is 16.1 Å². The molecule has 6 nitrogen and oxygen atoms in total. The third-order valence-corrected chi connectivity index (χ3v) is 3.42. The molecule has 1 atom stereocenters. The van der Waals surface area contributed by atoms with Crippen molar-refractivity contribution in [2.75, 3.05) is 0 Å². The lowest BCUT2D eigenvalue weighted by Crippen LogP contribution is -2.32. The summed E-state index contributed by atoms with van der Waals surface area (Å²) in [5.74, 6) is -0.179. The minimum absolute atomic E-state index is 0.00296. The van der Waals surface area contributed by atoms with Gasteiger partial charge in [-0.15, -0.1) is 0 Å². The molecule has 2 N–H and O–H groups in total. The van der Waals surface area contributed by atoms with Crippen molar-refractivity contribution in [3.8, 4) is 0 Å². The topological polar surface area (TPSA) is 96.6 Å². The first-order valence-corrected chi connectivity index (χ1v) is 6.46. The Bertz CT molecular complexity index is 683.